The van der Waals surface area contributed by atoms with Gasteiger partial charge in [-0.1, -0.05) is 0 Å². The molecule has 1 amide bonds. The smallest absolute Gasteiger partial charge is 0.268 e. The van der Waals surface area contributed by atoms with E-state index in [-0.39, 0.29) is 11.9 Å². The first-order chi connectivity index (χ1) is 10.7. The molecule has 5 heteroatoms. The highest BCUT2D eigenvalue weighted by Crippen LogP contribution is 2.28. The average molecular weight is 299 g/mol. The molecule has 5 rings (SSSR count). The van der Waals surface area contributed by atoms with Crippen LogP contribution in [0.25, 0.3) is 10.9 Å². The number of benzene rings is 1. The Bertz CT molecular complexity index is 701. The molecule has 0 radical (unpaired) electrons. The van der Waals surface area contributed by atoms with Crippen molar-refractivity contribution in [3.05, 3.63) is 30.0 Å². The van der Waals surface area contributed by atoms with Crippen LogP contribution in [-0.2, 0) is 0 Å². The molecule has 0 aliphatic carbocycles. The number of nitrogens with one attached hydrogen (secondary N) is 2. The Balaban J connectivity index is 1.52. The lowest BCUT2D eigenvalue weighted by Crippen LogP contribution is -2.57. The Morgan fingerprint density at radius 3 is 2.82 bits per heavy atom. The molecule has 3 fully saturated rings. The van der Waals surface area contributed by atoms with Gasteiger partial charge in [-0.25, -0.2) is 0 Å². The summed E-state index contributed by atoms with van der Waals surface area (Å²) in [6, 6.07) is 7.97. The van der Waals surface area contributed by atoms with Gasteiger partial charge in [0.1, 0.15) is 11.4 Å². The molecule has 2 N–H and O–H groups in total. The summed E-state index contributed by atoms with van der Waals surface area (Å²) in [6.45, 7) is 3.36. The molecule has 5 nitrogen and oxygen atoms in total. The summed E-state index contributed by atoms with van der Waals surface area (Å²) < 4.78 is 5.23. The van der Waals surface area contributed by atoms with E-state index in [2.05, 4.69) is 15.2 Å². The number of carbonyl (C=O) groups is 1. The number of piperidine rings is 3. The number of methoxy groups -OCH3 is 1. The number of hydrogen-bond donors (Lipinski definition) is 2. The number of ether oxygens (including phenoxy) is 1. The van der Waals surface area contributed by atoms with Crippen LogP contribution in [0.4, 0.5) is 0 Å². The normalized spacial score (nSPS) is 27.0. The van der Waals surface area contributed by atoms with Crippen LogP contribution in [0.1, 0.15) is 23.3 Å². The molecule has 1 aromatic carbocycles. The van der Waals surface area contributed by atoms with Gasteiger partial charge in [0.15, 0.2) is 0 Å². The molecule has 22 heavy (non-hydrogen) atoms. The Labute approximate surface area is 129 Å². The lowest BCUT2D eigenvalue weighted by molar-refractivity contribution is 0.0618. The van der Waals surface area contributed by atoms with E-state index in [0.717, 1.165) is 23.2 Å². The zero-order valence-corrected chi connectivity index (χ0v) is 12.8. The second kappa shape index (κ2) is 5.32. The molecule has 3 saturated heterocycles. The van der Waals surface area contributed by atoms with Gasteiger partial charge in [-0.2, -0.15) is 0 Å². The molecular weight excluding hydrogens is 278 g/mol. The minimum absolute atomic E-state index is 0.00563. The monoisotopic (exact) mass is 299 g/mol. The van der Waals surface area contributed by atoms with Gasteiger partial charge in [0, 0.05) is 23.5 Å². The van der Waals surface area contributed by atoms with E-state index >= 15 is 0 Å². The van der Waals surface area contributed by atoms with E-state index < -0.39 is 0 Å². The highest BCUT2D eigenvalue weighted by Gasteiger charge is 2.35. The van der Waals surface area contributed by atoms with Gasteiger partial charge < -0.3 is 19.9 Å². The maximum atomic E-state index is 12.5. The third-order valence-corrected chi connectivity index (χ3v) is 5.05. The minimum Gasteiger partial charge on any atom is -0.497 e. The number of amides is 1. The van der Waals surface area contributed by atoms with E-state index in [0.29, 0.717) is 11.6 Å². The van der Waals surface area contributed by atoms with Crippen LogP contribution in [0.5, 0.6) is 5.75 Å². The van der Waals surface area contributed by atoms with Crippen LogP contribution in [0.2, 0.25) is 0 Å². The van der Waals surface area contributed by atoms with Crippen LogP contribution >= 0.6 is 0 Å². The zero-order valence-electron chi connectivity index (χ0n) is 12.8. The maximum Gasteiger partial charge on any atom is 0.268 e. The number of rotatable bonds is 3. The van der Waals surface area contributed by atoms with Crippen molar-refractivity contribution in [3.63, 3.8) is 0 Å². The van der Waals surface area contributed by atoms with Crippen LogP contribution in [0.3, 0.4) is 0 Å². The molecule has 3 aliphatic rings. The lowest BCUT2D eigenvalue weighted by Gasteiger charge is -2.44. The summed E-state index contributed by atoms with van der Waals surface area (Å²) in [5, 5.41) is 4.21. The highest BCUT2D eigenvalue weighted by atomic mass is 16.5. The first-order valence-electron chi connectivity index (χ1n) is 7.93. The number of fused-ring (bicyclic) bond motifs is 4. The summed E-state index contributed by atoms with van der Waals surface area (Å²) >= 11 is 0. The number of H-pyrrole nitrogens is 1. The predicted molar refractivity (Wildman–Crippen MR) is 85.3 cm³/mol. The molecule has 0 saturated carbocycles. The molecule has 2 aromatic rings. The van der Waals surface area contributed by atoms with Crippen molar-refractivity contribution in [1.29, 1.82) is 0 Å². The SMILES string of the molecule is COc1ccc2[nH]c(C(=O)NC3CN4CCC3CC4)cc2c1. The fourth-order valence-electron chi connectivity index (χ4n) is 3.73. The van der Waals surface area contributed by atoms with Crippen LogP contribution in [0, 0.1) is 5.92 Å². The zero-order chi connectivity index (χ0) is 15.1. The quantitative estimate of drug-likeness (QED) is 0.911. The molecule has 1 atom stereocenters. The minimum atomic E-state index is -0.00563. The maximum absolute atomic E-state index is 12.5. The number of aromatic amines is 1. The molecule has 2 bridgehead atoms. The second-order valence-electron chi connectivity index (χ2n) is 6.35. The largest absolute Gasteiger partial charge is 0.497 e. The summed E-state index contributed by atoms with van der Waals surface area (Å²) in [7, 11) is 1.65. The summed E-state index contributed by atoms with van der Waals surface area (Å²) in [5.41, 5.74) is 1.58. The number of hydrogen-bond acceptors (Lipinski definition) is 3. The molecule has 0 spiro atoms. The molecular formula is C17H21N3O2. The standard InChI is InChI=1S/C17H21N3O2/c1-22-13-2-3-14-12(8-13)9-15(18-14)17(21)19-16-10-20-6-4-11(16)5-7-20/h2-3,8-9,11,16,18H,4-7,10H2,1H3,(H,19,21). The Hall–Kier alpha value is -2.01. The average Bonchev–Trinajstić information content (AvgIpc) is 2.99. The van der Waals surface area contributed by atoms with Crippen molar-refractivity contribution in [3.8, 4) is 5.75 Å². The van der Waals surface area contributed by atoms with E-state index in [4.69, 9.17) is 4.74 Å². The molecule has 4 heterocycles. The van der Waals surface area contributed by atoms with Crippen molar-refractivity contribution in [2.24, 2.45) is 5.92 Å². The lowest BCUT2D eigenvalue weighted by atomic mass is 9.84. The third-order valence-electron chi connectivity index (χ3n) is 5.05. The first-order valence-corrected chi connectivity index (χ1v) is 7.93. The van der Waals surface area contributed by atoms with Gasteiger partial charge >= 0.3 is 0 Å². The van der Waals surface area contributed by atoms with Gasteiger partial charge in [0.05, 0.1) is 7.11 Å². The van der Waals surface area contributed by atoms with Crippen molar-refractivity contribution in [2.45, 2.75) is 18.9 Å². The summed E-state index contributed by atoms with van der Waals surface area (Å²) in [5.74, 6) is 1.43. The Kier molecular flexibility index (Phi) is 3.30. The highest BCUT2D eigenvalue weighted by molar-refractivity contribution is 5.98. The van der Waals surface area contributed by atoms with E-state index in [9.17, 15) is 4.79 Å². The Morgan fingerprint density at radius 1 is 1.32 bits per heavy atom. The van der Waals surface area contributed by atoms with Crippen molar-refractivity contribution < 1.29 is 9.53 Å². The predicted octanol–water partition coefficient (Wildman–Crippen LogP) is 2.00. The topological polar surface area (TPSA) is 57.4 Å². The van der Waals surface area contributed by atoms with E-state index in [1.807, 2.05) is 24.3 Å². The first kappa shape index (κ1) is 13.6. The molecule has 116 valence electrons. The number of nitrogens with zero attached hydrogens (tertiary/aromatic N) is 1. The third kappa shape index (κ3) is 2.35. The van der Waals surface area contributed by atoms with Gasteiger partial charge in [0.2, 0.25) is 0 Å². The van der Waals surface area contributed by atoms with Crippen LogP contribution < -0.4 is 10.1 Å². The van der Waals surface area contributed by atoms with Crippen LogP contribution in [-0.4, -0.2) is 48.6 Å². The van der Waals surface area contributed by atoms with Crippen molar-refractivity contribution >= 4 is 16.8 Å². The van der Waals surface area contributed by atoms with Gasteiger partial charge in [-0.15, -0.1) is 0 Å². The number of carbonyl (C=O) groups excluding carboxylic acids is 1. The van der Waals surface area contributed by atoms with E-state index in [1.165, 1.54) is 25.9 Å². The Morgan fingerprint density at radius 2 is 2.14 bits per heavy atom. The number of aromatic nitrogens is 1. The summed E-state index contributed by atoms with van der Waals surface area (Å²) in [4.78, 5) is 18.2. The fourth-order valence-corrected chi connectivity index (χ4v) is 3.73. The second-order valence-corrected chi connectivity index (χ2v) is 6.35. The van der Waals surface area contributed by atoms with Crippen molar-refractivity contribution in [1.82, 2.24) is 15.2 Å². The molecule has 3 aliphatic heterocycles. The van der Waals surface area contributed by atoms with E-state index in [1.54, 1.807) is 7.11 Å². The molecule has 1 unspecified atom stereocenters. The van der Waals surface area contributed by atoms with Gasteiger partial charge in [-0.05, 0) is 56.1 Å². The van der Waals surface area contributed by atoms with Crippen molar-refractivity contribution in [2.75, 3.05) is 26.7 Å². The fraction of sp³-hybridized carbons (Fsp3) is 0.471. The van der Waals surface area contributed by atoms with Crippen LogP contribution in [0.15, 0.2) is 24.3 Å². The molecule has 1 aromatic heterocycles. The summed E-state index contributed by atoms with van der Waals surface area (Å²) in [6.07, 6.45) is 2.41. The van der Waals surface area contributed by atoms with Gasteiger partial charge in [-0.3, -0.25) is 4.79 Å². The van der Waals surface area contributed by atoms with Gasteiger partial charge in [0.25, 0.3) is 5.91 Å².